The van der Waals surface area contributed by atoms with Crippen molar-refractivity contribution in [2.24, 2.45) is 0 Å². The zero-order valence-electron chi connectivity index (χ0n) is 17.5. The fraction of sp³-hybridized carbons (Fsp3) is 0.955. The molecule has 0 fully saturated rings. The van der Waals surface area contributed by atoms with E-state index in [0.29, 0.717) is 6.42 Å². The molecule has 4 heteroatoms. The summed E-state index contributed by atoms with van der Waals surface area (Å²) in [5.41, 5.74) is 0. The molecular weight excluding hydrogens is 328 g/mol. The van der Waals surface area contributed by atoms with Crippen LogP contribution in [0.4, 0.5) is 0 Å². The molecule has 0 aliphatic carbocycles. The van der Waals surface area contributed by atoms with Crippen LogP contribution in [0, 0.1) is 0 Å². The normalized spacial score (nSPS) is 11.3. The molecule has 0 atom stereocenters. The van der Waals surface area contributed by atoms with Gasteiger partial charge in [-0.1, -0.05) is 78.1 Å². The second-order valence-corrected chi connectivity index (χ2v) is 7.35. The fourth-order valence-corrected chi connectivity index (χ4v) is 3.00. The van der Waals surface area contributed by atoms with Crippen LogP contribution >= 0.6 is 0 Å². The first-order chi connectivity index (χ1) is 12.7. The molecule has 0 aliphatic rings. The van der Waals surface area contributed by atoms with Crippen LogP contribution in [0.3, 0.4) is 0 Å². The molecule has 156 valence electrons. The summed E-state index contributed by atoms with van der Waals surface area (Å²) < 4.78 is 11.9. The molecule has 0 spiro atoms. The lowest BCUT2D eigenvalue weighted by Crippen LogP contribution is -2.19. The number of carboxylic acids is 1. The van der Waals surface area contributed by atoms with Gasteiger partial charge in [0.05, 0.1) is 0 Å². The molecule has 0 heterocycles. The minimum absolute atomic E-state index is 0.157. The highest BCUT2D eigenvalue weighted by molar-refractivity contribution is 5.66. The molecular formula is C22H44O4. The van der Waals surface area contributed by atoms with Gasteiger partial charge >= 0.3 is 5.97 Å². The summed E-state index contributed by atoms with van der Waals surface area (Å²) in [6, 6.07) is 0. The average molecular weight is 373 g/mol. The van der Waals surface area contributed by atoms with Crippen molar-refractivity contribution in [2.75, 3.05) is 13.2 Å². The van der Waals surface area contributed by atoms with Gasteiger partial charge in [0.25, 0.3) is 0 Å². The van der Waals surface area contributed by atoms with Gasteiger partial charge in [-0.25, -0.2) is 0 Å². The van der Waals surface area contributed by atoms with E-state index in [0.717, 1.165) is 38.9 Å². The van der Waals surface area contributed by atoms with Gasteiger partial charge in [0.15, 0.2) is 6.29 Å². The minimum atomic E-state index is -0.720. The molecule has 0 saturated heterocycles. The molecule has 1 N–H and O–H groups in total. The van der Waals surface area contributed by atoms with Crippen LogP contribution < -0.4 is 0 Å². The van der Waals surface area contributed by atoms with E-state index in [2.05, 4.69) is 13.8 Å². The van der Waals surface area contributed by atoms with Crippen molar-refractivity contribution in [3.05, 3.63) is 0 Å². The van der Waals surface area contributed by atoms with Gasteiger partial charge in [-0.2, -0.15) is 0 Å². The number of unbranched alkanes of at least 4 members (excludes halogenated alkanes) is 11. The van der Waals surface area contributed by atoms with Gasteiger partial charge in [0.2, 0.25) is 0 Å². The van der Waals surface area contributed by atoms with E-state index in [1.54, 1.807) is 0 Å². The Kier molecular flexibility index (Phi) is 20.2. The standard InChI is InChI=1S/C22H44O4/c1-3-5-7-9-11-15-19-25-22(18-14-13-17-21(23)24)26-20-16-12-10-8-6-4-2/h22H,3-20H2,1-2H3,(H,23,24). The first kappa shape index (κ1) is 25.4. The second kappa shape index (κ2) is 20.7. The lowest BCUT2D eigenvalue weighted by Gasteiger charge is -2.18. The minimum Gasteiger partial charge on any atom is -0.481 e. The van der Waals surface area contributed by atoms with E-state index in [-0.39, 0.29) is 12.7 Å². The first-order valence-electron chi connectivity index (χ1n) is 11.2. The van der Waals surface area contributed by atoms with Gasteiger partial charge in [0.1, 0.15) is 0 Å². The van der Waals surface area contributed by atoms with Crippen molar-refractivity contribution >= 4 is 5.97 Å². The lowest BCUT2D eigenvalue weighted by molar-refractivity contribution is -0.148. The molecule has 0 unspecified atom stereocenters. The van der Waals surface area contributed by atoms with Gasteiger partial charge in [0, 0.05) is 19.6 Å². The lowest BCUT2D eigenvalue weighted by atomic mass is 10.1. The predicted molar refractivity (Wildman–Crippen MR) is 109 cm³/mol. The molecule has 0 bridgehead atoms. The highest BCUT2D eigenvalue weighted by atomic mass is 16.7. The number of aliphatic carboxylic acids is 1. The van der Waals surface area contributed by atoms with Crippen LogP contribution in [0.2, 0.25) is 0 Å². The maximum atomic E-state index is 10.6. The van der Waals surface area contributed by atoms with Crippen LogP contribution in [0.5, 0.6) is 0 Å². The van der Waals surface area contributed by atoms with Crippen molar-refractivity contribution in [1.29, 1.82) is 0 Å². The van der Waals surface area contributed by atoms with Gasteiger partial charge in [-0.05, 0) is 32.1 Å². The highest BCUT2D eigenvalue weighted by Gasteiger charge is 2.10. The quantitative estimate of drug-likeness (QED) is 0.180. The van der Waals surface area contributed by atoms with Gasteiger partial charge < -0.3 is 14.6 Å². The van der Waals surface area contributed by atoms with Crippen molar-refractivity contribution in [3.63, 3.8) is 0 Å². The summed E-state index contributed by atoms with van der Waals surface area (Å²) in [6.45, 7) is 5.98. The Labute approximate surface area is 162 Å². The summed E-state index contributed by atoms with van der Waals surface area (Å²) in [7, 11) is 0. The van der Waals surface area contributed by atoms with Crippen molar-refractivity contribution in [2.45, 2.75) is 123 Å². The highest BCUT2D eigenvalue weighted by Crippen LogP contribution is 2.12. The fourth-order valence-electron chi connectivity index (χ4n) is 3.00. The second-order valence-electron chi connectivity index (χ2n) is 7.35. The molecule has 0 aromatic rings. The molecule has 0 aromatic heterocycles. The third-order valence-electron chi connectivity index (χ3n) is 4.68. The SMILES string of the molecule is CCCCCCCCOC(CCCCC(=O)O)OCCCCCCCC. The zero-order valence-corrected chi connectivity index (χ0v) is 17.5. The summed E-state index contributed by atoms with van der Waals surface area (Å²) in [4.78, 5) is 10.6. The first-order valence-corrected chi connectivity index (χ1v) is 11.2. The number of hydrogen-bond donors (Lipinski definition) is 1. The van der Waals surface area contributed by atoms with Crippen molar-refractivity contribution in [3.8, 4) is 0 Å². The summed E-state index contributed by atoms with van der Waals surface area (Å²) in [5, 5.41) is 8.74. The number of ether oxygens (including phenoxy) is 2. The van der Waals surface area contributed by atoms with Crippen LogP contribution in [0.1, 0.15) is 117 Å². The van der Waals surface area contributed by atoms with E-state index in [1.807, 2.05) is 0 Å². The smallest absolute Gasteiger partial charge is 0.303 e. The molecule has 0 amide bonds. The van der Waals surface area contributed by atoms with Crippen LogP contribution in [-0.2, 0) is 14.3 Å². The molecule has 0 aromatic carbocycles. The van der Waals surface area contributed by atoms with Crippen molar-refractivity contribution < 1.29 is 19.4 Å². The Balaban J connectivity index is 3.80. The monoisotopic (exact) mass is 372 g/mol. The van der Waals surface area contributed by atoms with E-state index < -0.39 is 5.97 Å². The molecule has 26 heavy (non-hydrogen) atoms. The van der Waals surface area contributed by atoms with E-state index in [1.165, 1.54) is 64.2 Å². The van der Waals surface area contributed by atoms with E-state index in [4.69, 9.17) is 14.6 Å². The Morgan fingerprint density at radius 3 is 1.62 bits per heavy atom. The topological polar surface area (TPSA) is 55.8 Å². The Morgan fingerprint density at radius 2 is 1.15 bits per heavy atom. The third kappa shape index (κ3) is 19.7. The molecule has 0 rings (SSSR count). The maximum Gasteiger partial charge on any atom is 0.303 e. The van der Waals surface area contributed by atoms with Crippen LogP contribution in [-0.4, -0.2) is 30.6 Å². The zero-order chi connectivity index (χ0) is 19.3. The maximum absolute atomic E-state index is 10.6. The number of hydrogen-bond acceptors (Lipinski definition) is 3. The Bertz CT molecular complexity index is 276. The Hall–Kier alpha value is -0.610. The van der Waals surface area contributed by atoms with Crippen molar-refractivity contribution in [1.82, 2.24) is 0 Å². The number of carbonyl (C=O) groups is 1. The van der Waals surface area contributed by atoms with Crippen LogP contribution in [0.15, 0.2) is 0 Å². The van der Waals surface area contributed by atoms with E-state index in [9.17, 15) is 4.79 Å². The molecule has 0 aliphatic heterocycles. The van der Waals surface area contributed by atoms with Gasteiger partial charge in [-0.3, -0.25) is 4.79 Å². The van der Waals surface area contributed by atoms with E-state index >= 15 is 0 Å². The Morgan fingerprint density at radius 1 is 0.692 bits per heavy atom. The molecule has 0 radical (unpaired) electrons. The predicted octanol–water partition coefficient (Wildman–Crippen LogP) is 6.71. The van der Waals surface area contributed by atoms with Crippen LogP contribution in [0.25, 0.3) is 0 Å². The summed E-state index contributed by atoms with van der Waals surface area (Å²) >= 11 is 0. The average Bonchev–Trinajstić information content (AvgIpc) is 2.62. The molecule has 4 nitrogen and oxygen atoms in total. The largest absolute Gasteiger partial charge is 0.481 e. The number of carboxylic acid groups (broad SMARTS) is 1. The summed E-state index contributed by atoms with van der Waals surface area (Å²) in [5.74, 6) is -0.720. The molecule has 0 saturated carbocycles. The summed E-state index contributed by atoms with van der Waals surface area (Å²) in [6.07, 6.45) is 17.5. The third-order valence-corrected chi connectivity index (χ3v) is 4.68. The number of rotatable bonds is 21. The van der Waals surface area contributed by atoms with Gasteiger partial charge in [-0.15, -0.1) is 0 Å².